The molecule has 0 N–H and O–H groups in total. The van der Waals surface area contributed by atoms with Gasteiger partial charge in [-0.3, -0.25) is 10.1 Å². The van der Waals surface area contributed by atoms with Crippen molar-refractivity contribution in [1.29, 1.82) is 0 Å². The van der Waals surface area contributed by atoms with E-state index in [9.17, 15) is 14.9 Å². The first-order valence-corrected chi connectivity index (χ1v) is 6.94. The van der Waals surface area contributed by atoms with Gasteiger partial charge in [-0.05, 0) is 29.8 Å². The van der Waals surface area contributed by atoms with Crippen LogP contribution in [-0.4, -0.2) is 16.8 Å². The molecule has 7 heteroatoms. The van der Waals surface area contributed by atoms with Gasteiger partial charge < -0.3 is 4.74 Å². The predicted molar refractivity (Wildman–Crippen MR) is 85.2 cm³/mol. The molecule has 0 atom stereocenters. The Labute approximate surface area is 135 Å². The molecule has 0 aromatic heterocycles. The maximum Gasteiger partial charge on any atom is 0.363 e. The Hall–Kier alpha value is -2.99. The fourth-order valence-electron chi connectivity index (χ4n) is 2.04. The molecule has 2 aromatic carbocycles. The van der Waals surface area contributed by atoms with Gasteiger partial charge >= 0.3 is 5.97 Å². The van der Waals surface area contributed by atoms with Gasteiger partial charge in [-0.25, -0.2) is 9.79 Å². The number of non-ortho nitro benzene ring substituents is 1. The first kappa shape index (κ1) is 14.9. The summed E-state index contributed by atoms with van der Waals surface area (Å²) in [6, 6.07) is 12.7. The molecule has 0 spiro atoms. The molecular formula is C16H9ClN2O4. The number of halogens is 1. The summed E-state index contributed by atoms with van der Waals surface area (Å²) in [4.78, 5) is 26.3. The Kier molecular flexibility index (Phi) is 3.91. The number of ether oxygens (including phenoxy) is 1. The highest BCUT2D eigenvalue weighted by atomic mass is 35.5. The zero-order valence-corrected chi connectivity index (χ0v) is 12.4. The van der Waals surface area contributed by atoms with E-state index in [4.69, 9.17) is 16.3 Å². The number of hydrogen-bond donors (Lipinski definition) is 0. The zero-order valence-electron chi connectivity index (χ0n) is 11.6. The van der Waals surface area contributed by atoms with Crippen LogP contribution >= 0.6 is 11.6 Å². The van der Waals surface area contributed by atoms with E-state index in [0.717, 1.165) is 0 Å². The van der Waals surface area contributed by atoms with Gasteiger partial charge in [-0.15, -0.1) is 0 Å². The van der Waals surface area contributed by atoms with Gasteiger partial charge in [-0.2, -0.15) is 0 Å². The molecule has 1 aliphatic heterocycles. The molecule has 0 unspecified atom stereocenters. The first-order chi connectivity index (χ1) is 11.0. The molecule has 114 valence electrons. The topological polar surface area (TPSA) is 81.8 Å². The molecule has 0 fully saturated rings. The number of esters is 1. The van der Waals surface area contributed by atoms with Crippen molar-refractivity contribution in [3.8, 4) is 0 Å². The van der Waals surface area contributed by atoms with E-state index in [1.165, 1.54) is 24.3 Å². The van der Waals surface area contributed by atoms with Crippen LogP contribution in [0, 0.1) is 10.1 Å². The highest BCUT2D eigenvalue weighted by molar-refractivity contribution is 6.31. The molecule has 6 nitrogen and oxygen atoms in total. The number of cyclic esters (lactones) is 1. The van der Waals surface area contributed by atoms with Crippen molar-refractivity contribution in [3.05, 3.63) is 80.5 Å². The molecule has 0 saturated carbocycles. The first-order valence-electron chi connectivity index (χ1n) is 6.56. The van der Waals surface area contributed by atoms with Crippen LogP contribution in [0.1, 0.15) is 11.1 Å². The van der Waals surface area contributed by atoms with Crippen LogP contribution in [-0.2, 0) is 9.53 Å². The molecule has 1 aliphatic rings. The Balaban J connectivity index is 1.95. The smallest absolute Gasteiger partial charge is 0.363 e. The highest BCUT2D eigenvalue weighted by Crippen LogP contribution is 2.22. The lowest BCUT2D eigenvalue weighted by atomic mass is 10.1. The van der Waals surface area contributed by atoms with Gasteiger partial charge in [0.25, 0.3) is 5.69 Å². The van der Waals surface area contributed by atoms with Crippen molar-refractivity contribution in [3.63, 3.8) is 0 Å². The van der Waals surface area contributed by atoms with Gasteiger partial charge in [0.15, 0.2) is 5.70 Å². The second-order valence-corrected chi connectivity index (χ2v) is 5.13. The fourth-order valence-corrected chi connectivity index (χ4v) is 2.23. The molecule has 3 rings (SSSR count). The summed E-state index contributed by atoms with van der Waals surface area (Å²) >= 11 is 5.90. The molecule has 0 aliphatic carbocycles. The lowest BCUT2D eigenvalue weighted by Crippen LogP contribution is -2.05. The maximum atomic E-state index is 11.9. The van der Waals surface area contributed by atoms with Crippen LogP contribution in [0.3, 0.4) is 0 Å². The van der Waals surface area contributed by atoms with Crippen LogP contribution in [0.2, 0.25) is 5.02 Å². The molecular weight excluding hydrogens is 320 g/mol. The Morgan fingerprint density at radius 2 is 1.96 bits per heavy atom. The summed E-state index contributed by atoms with van der Waals surface area (Å²) in [7, 11) is 0. The van der Waals surface area contributed by atoms with Crippen molar-refractivity contribution in [2.45, 2.75) is 0 Å². The Morgan fingerprint density at radius 3 is 2.70 bits per heavy atom. The Bertz CT molecular complexity index is 874. The van der Waals surface area contributed by atoms with E-state index >= 15 is 0 Å². The van der Waals surface area contributed by atoms with Crippen LogP contribution in [0.25, 0.3) is 6.08 Å². The number of aliphatic imine (C=N–C) groups is 1. The zero-order chi connectivity index (χ0) is 16.4. The number of nitrogens with zero attached hydrogens (tertiary/aromatic N) is 2. The molecule has 0 amide bonds. The molecule has 23 heavy (non-hydrogen) atoms. The number of carbonyl (C=O) groups excluding carboxylic acids is 1. The monoisotopic (exact) mass is 328 g/mol. The fraction of sp³-hybridized carbons (Fsp3) is 0. The van der Waals surface area contributed by atoms with E-state index in [0.29, 0.717) is 16.1 Å². The summed E-state index contributed by atoms with van der Waals surface area (Å²) < 4.78 is 5.12. The number of rotatable bonds is 3. The number of nitro benzene ring substituents is 1. The van der Waals surface area contributed by atoms with Gasteiger partial charge in [0, 0.05) is 22.7 Å². The van der Waals surface area contributed by atoms with Crippen LogP contribution in [0.5, 0.6) is 0 Å². The average Bonchev–Trinajstić information content (AvgIpc) is 2.89. The number of nitro groups is 1. The Morgan fingerprint density at radius 1 is 1.17 bits per heavy atom. The lowest BCUT2D eigenvalue weighted by molar-refractivity contribution is -0.384. The SMILES string of the molecule is O=C1OC(c2cccc(Cl)c2)=N/C1=C/c1cccc([N+](=O)[O-])c1. The van der Waals surface area contributed by atoms with E-state index in [1.807, 2.05) is 0 Å². The molecule has 2 aromatic rings. The summed E-state index contributed by atoms with van der Waals surface area (Å²) in [6.45, 7) is 0. The molecule has 0 bridgehead atoms. The third-order valence-corrected chi connectivity index (χ3v) is 3.31. The number of hydrogen-bond acceptors (Lipinski definition) is 5. The minimum Gasteiger partial charge on any atom is -0.402 e. The molecule has 0 radical (unpaired) electrons. The second-order valence-electron chi connectivity index (χ2n) is 4.70. The van der Waals surface area contributed by atoms with Crippen LogP contribution in [0.15, 0.2) is 59.2 Å². The van der Waals surface area contributed by atoms with Crippen molar-refractivity contribution in [2.75, 3.05) is 0 Å². The predicted octanol–water partition coefficient (Wildman–Crippen LogP) is 3.59. The largest absolute Gasteiger partial charge is 0.402 e. The van der Waals surface area contributed by atoms with Crippen molar-refractivity contribution < 1.29 is 14.5 Å². The summed E-state index contributed by atoms with van der Waals surface area (Å²) in [6.07, 6.45) is 1.44. The standard InChI is InChI=1S/C16H9ClN2O4/c17-12-5-2-4-11(9-12)15-18-14(16(20)23-15)8-10-3-1-6-13(7-10)19(21)22/h1-9H/b14-8+. The highest BCUT2D eigenvalue weighted by Gasteiger charge is 2.24. The molecule has 0 saturated heterocycles. The second kappa shape index (κ2) is 6.02. The van der Waals surface area contributed by atoms with E-state index in [-0.39, 0.29) is 17.3 Å². The van der Waals surface area contributed by atoms with Crippen molar-refractivity contribution >= 4 is 35.2 Å². The summed E-state index contributed by atoms with van der Waals surface area (Å²) in [5, 5.41) is 11.3. The minimum atomic E-state index is -0.619. The van der Waals surface area contributed by atoms with Crippen molar-refractivity contribution in [1.82, 2.24) is 0 Å². The van der Waals surface area contributed by atoms with Gasteiger partial charge in [-0.1, -0.05) is 29.8 Å². The maximum absolute atomic E-state index is 11.9. The quantitative estimate of drug-likeness (QED) is 0.373. The lowest BCUT2D eigenvalue weighted by Gasteiger charge is -1.98. The van der Waals surface area contributed by atoms with Gasteiger partial charge in [0.2, 0.25) is 5.90 Å². The molecule has 1 heterocycles. The normalized spacial score (nSPS) is 15.4. The number of carbonyl (C=O) groups is 1. The van der Waals surface area contributed by atoms with Gasteiger partial charge in [0.1, 0.15) is 0 Å². The van der Waals surface area contributed by atoms with E-state index in [2.05, 4.69) is 4.99 Å². The third-order valence-electron chi connectivity index (χ3n) is 3.08. The summed E-state index contributed by atoms with van der Waals surface area (Å²) in [5.41, 5.74) is 1.07. The number of benzene rings is 2. The van der Waals surface area contributed by atoms with E-state index < -0.39 is 10.9 Å². The van der Waals surface area contributed by atoms with Crippen molar-refractivity contribution in [2.24, 2.45) is 4.99 Å². The van der Waals surface area contributed by atoms with Crippen LogP contribution < -0.4 is 0 Å². The van der Waals surface area contributed by atoms with E-state index in [1.54, 1.807) is 30.3 Å². The summed E-state index contributed by atoms with van der Waals surface area (Å²) in [5.74, 6) is -0.472. The van der Waals surface area contributed by atoms with Crippen LogP contribution in [0.4, 0.5) is 5.69 Å². The van der Waals surface area contributed by atoms with Gasteiger partial charge in [0.05, 0.1) is 4.92 Å². The third kappa shape index (κ3) is 3.27. The average molecular weight is 329 g/mol. The minimum absolute atomic E-state index is 0.0650.